The van der Waals surface area contributed by atoms with Gasteiger partial charge in [0.1, 0.15) is 0 Å². The molecule has 0 bridgehead atoms. The van der Waals surface area contributed by atoms with Gasteiger partial charge in [-0.15, -0.1) is 0 Å². The van der Waals surface area contributed by atoms with Gasteiger partial charge >= 0.3 is 6.09 Å². The second-order valence-electron chi connectivity index (χ2n) is 7.48. The van der Waals surface area contributed by atoms with Gasteiger partial charge in [0.2, 0.25) is 5.91 Å². The second kappa shape index (κ2) is 9.22. The molecule has 2 fully saturated rings. The molecule has 0 saturated carbocycles. The Kier molecular flexibility index (Phi) is 6.72. The number of benzene rings is 1. The van der Waals surface area contributed by atoms with E-state index in [0.29, 0.717) is 45.6 Å². The molecule has 2 aliphatic rings. The summed E-state index contributed by atoms with van der Waals surface area (Å²) >= 11 is 0. The summed E-state index contributed by atoms with van der Waals surface area (Å²) < 4.78 is 5.03. The number of carbonyl (C=O) groups excluding carboxylic acids is 2. The van der Waals surface area contributed by atoms with E-state index in [1.807, 2.05) is 35.2 Å². The summed E-state index contributed by atoms with van der Waals surface area (Å²) in [6, 6.07) is 9.75. The molecule has 6 heteroatoms. The molecule has 27 heavy (non-hydrogen) atoms. The summed E-state index contributed by atoms with van der Waals surface area (Å²) in [5, 5.41) is 10.6. The summed E-state index contributed by atoms with van der Waals surface area (Å²) in [6.07, 6.45) is 2.30. The van der Waals surface area contributed by atoms with E-state index in [4.69, 9.17) is 4.74 Å². The first-order valence-electron chi connectivity index (χ1n) is 10.0. The lowest BCUT2D eigenvalue weighted by Crippen LogP contribution is -2.47. The normalized spacial score (nSPS) is 20.4. The van der Waals surface area contributed by atoms with E-state index < -0.39 is 6.10 Å². The SMILES string of the molecule is CCOC(=O)N1CCC(C(=O)N2CCC([C@@H](O)c3ccccc3)CC2)CC1. The Morgan fingerprint density at radius 1 is 1.04 bits per heavy atom. The van der Waals surface area contributed by atoms with Crippen LogP contribution in [0.15, 0.2) is 30.3 Å². The molecule has 1 aromatic carbocycles. The average Bonchev–Trinajstić information content (AvgIpc) is 2.74. The molecule has 0 unspecified atom stereocenters. The summed E-state index contributed by atoms with van der Waals surface area (Å²) in [5.41, 5.74) is 0.952. The van der Waals surface area contributed by atoms with Crippen LogP contribution in [0.5, 0.6) is 0 Å². The van der Waals surface area contributed by atoms with Crippen molar-refractivity contribution in [3.8, 4) is 0 Å². The first-order chi connectivity index (χ1) is 13.1. The predicted molar refractivity (Wildman–Crippen MR) is 102 cm³/mol. The summed E-state index contributed by atoms with van der Waals surface area (Å²) in [4.78, 5) is 28.2. The number of ether oxygens (including phenoxy) is 1. The van der Waals surface area contributed by atoms with Crippen LogP contribution in [0, 0.1) is 11.8 Å². The van der Waals surface area contributed by atoms with Gasteiger partial charge in [-0.3, -0.25) is 4.79 Å². The zero-order valence-corrected chi connectivity index (χ0v) is 16.0. The van der Waals surface area contributed by atoms with Crippen molar-refractivity contribution in [2.45, 2.75) is 38.7 Å². The smallest absolute Gasteiger partial charge is 0.409 e. The molecule has 148 valence electrons. The minimum Gasteiger partial charge on any atom is -0.450 e. The van der Waals surface area contributed by atoms with Crippen molar-refractivity contribution in [3.63, 3.8) is 0 Å². The van der Waals surface area contributed by atoms with Gasteiger partial charge < -0.3 is 19.6 Å². The largest absolute Gasteiger partial charge is 0.450 e. The lowest BCUT2D eigenvalue weighted by molar-refractivity contribution is -0.139. The molecule has 0 radical (unpaired) electrons. The van der Waals surface area contributed by atoms with Gasteiger partial charge in [0.25, 0.3) is 0 Å². The van der Waals surface area contributed by atoms with E-state index in [0.717, 1.165) is 18.4 Å². The maximum atomic E-state index is 12.8. The molecule has 2 aliphatic heterocycles. The van der Waals surface area contributed by atoms with E-state index in [1.54, 1.807) is 11.8 Å². The van der Waals surface area contributed by atoms with Gasteiger partial charge in [-0.1, -0.05) is 30.3 Å². The molecular weight excluding hydrogens is 344 g/mol. The van der Waals surface area contributed by atoms with E-state index in [-0.39, 0.29) is 23.8 Å². The van der Waals surface area contributed by atoms with Crippen molar-refractivity contribution in [3.05, 3.63) is 35.9 Å². The van der Waals surface area contributed by atoms with Gasteiger partial charge in [0, 0.05) is 32.1 Å². The number of aliphatic hydroxyl groups is 1. The third-order valence-corrected chi connectivity index (χ3v) is 5.81. The highest BCUT2D eigenvalue weighted by Gasteiger charge is 2.33. The zero-order chi connectivity index (χ0) is 19.2. The fourth-order valence-electron chi connectivity index (χ4n) is 4.14. The molecule has 1 N–H and O–H groups in total. The number of nitrogens with zero attached hydrogens (tertiary/aromatic N) is 2. The fraction of sp³-hybridized carbons (Fsp3) is 0.619. The van der Waals surface area contributed by atoms with Gasteiger partial charge in [0.05, 0.1) is 12.7 Å². The van der Waals surface area contributed by atoms with Crippen LogP contribution in [0.25, 0.3) is 0 Å². The van der Waals surface area contributed by atoms with Crippen LogP contribution in [0.2, 0.25) is 0 Å². The van der Waals surface area contributed by atoms with E-state index >= 15 is 0 Å². The number of amides is 2. The lowest BCUT2D eigenvalue weighted by Gasteiger charge is -2.38. The van der Waals surface area contributed by atoms with Crippen molar-refractivity contribution in [2.75, 3.05) is 32.8 Å². The van der Waals surface area contributed by atoms with E-state index in [9.17, 15) is 14.7 Å². The Labute approximate surface area is 161 Å². The van der Waals surface area contributed by atoms with Crippen LogP contribution in [0.1, 0.15) is 44.3 Å². The summed E-state index contributed by atoms with van der Waals surface area (Å²) in [6.45, 7) is 4.74. The first kappa shape index (κ1) is 19.7. The van der Waals surface area contributed by atoms with Crippen LogP contribution in [0.4, 0.5) is 4.79 Å². The van der Waals surface area contributed by atoms with Crippen LogP contribution >= 0.6 is 0 Å². The number of likely N-dealkylation sites (tertiary alicyclic amines) is 2. The van der Waals surface area contributed by atoms with E-state index in [2.05, 4.69) is 0 Å². The number of piperidine rings is 2. The van der Waals surface area contributed by atoms with Crippen molar-refractivity contribution < 1.29 is 19.4 Å². The highest BCUT2D eigenvalue weighted by Crippen LogP contribution is 2.31. The number of rotatable bonds is 4. The van der Waals surface area contributed by atoms with Crippen LogP contribution in [-0.2, 0) is 9.53 Å². The van der Waals surface area contributed by atoms with Crippen molar-refractivity contribution >= 4 is 12.0 Å². The molecule has 1 atom stereocenters. The molecule has 2 saturated heterocycles. The Morgan fingerprint density at radius 2 is 1.63 bits per heavy atom. The molecule has 6 nitrogen and oxygen atoms in total. The first-order valence-corrected chi connectivity index (χ1v) is 10.0. The quantitative estimate of drug-likeness (QED) is 0.880. The van der Waals surface area contributed by atoms with Gasteiger partial charge in [-0.2, -0.15) is 0 Å². The maximum Gasteiger partial charge on any atom is 0.409 e. The zero-order valence-electron chi connectivity index (χ0n) is 16.0. The van der Waals surface area contributed by atoms with Crippen molar-refractivity contribution in [1.82, 2.24) is 9.80 Å². The van der Waals surface area contributed by atoms with Crippen LogP contribution in [0.3, 0.4) is 0 Å². The number of hydrogen-bond acceptors (Lipinski definition) is 4. The molecule has 0 aliphatic carbocycles. The molecule has 2 amide bonds. The maximum absolute atomic E-state index is 12.8. The summed E-state index contributed by atoms with van der Waals surface area (Å²) in [7, 11) is 0. The molecule has 0 spiro atoms. The average molecular weight is 374 g/mol. The number of carbonyl (C=O) groups is 2. The summed E-state index contributed by atoms with van der Waals surface area (Å²) in [5.74, 6) is 0.388. The molecule has 2 heterocycles. The number of aliphatic hydroxyl groups excluding tert-OH is 1. The van der Waals surface area contributed by atoms with Gasteiger partial charge in [0.15, 0.2) is 0 Å². The third-order valence-electron chi connectivity index (χ3n) is 5.81. The molecule has 3 rings (SSSR count). The third kappa shape index (κ3) is 4.80. The Balaban J connectivity index is 1.46. The Hall–Kier alpha value is -2.08. The highest BCUT2D eigenvalue weighted by molar-refractivity contribution is 5.79. The van der Waals surface area contributed by atoms with E-state index in [1.165, 1.54) is 0 Å². The van der Waals surface area contributed by atoms with Crippen LogP contribution in [-0.4, -0.2) is 59.7 Å². The standard InChI is InChI=1S/C21H30N2O4/c1-2-27-21(26)23-14-10-18(11-15-23)20(25)22-12-8-17(9-13-22)19(24)16-6-4-3-5-7-16/h3-7,17-19,24H,2,8-15H2,1H3/t19-/m0/s1. The topological polar surface area (TPSA) is 70.1 Å². The lowest BCUT2D eigenvalue weighted by atomic mass is 9.86. The molecular formula is C21H30N2O4. The second-order valence-corrected chi connectivity index (χ2v) is 7.48. The number of hydrogen-bond donors (Lipinski definition) is 1. The molecule has 0 aromatic heterocycles. The Morgan fingerprint density at radius 3 is 2.22 bits per heavy atom. The van der Waals surface area contributed by atoms with Gasteiger partial charge in [-0.05, 0) is 44.1 Å². The van der Waals surface area contributed by atoms with Crippen LogP contribution < -0.4 is 0 Å². The fourth-order valence-corrected chi connectivity index (χ4v) is 4.14. The Bertz CT molecular complexity index is 620. The minimum atomic E-state index is -0.462. The van der Waals surface area contributed by atoms with Crippen molar-refractivity contribution in [1.29, 1.82) is 0 Å². The predicted octanol–water partition coefficient (Wildman–Crippen LogP) is 2.83. The minimum absolute atomic E-state index is 0.00808. The highest BCUT2D eigenvalue weighted by atomic mass is 16.6. The monoisotopic (exact) mass is 374 g/mol. The van der Waals surface area contributed by atoms with Gasteiger partial charge in [-0.25, -0.2) is 4.79 Å². The molecule has 1 aromatic rings. The van der Waals surface area contributed by atoms with Crippen molar-refractivity contribution in [2.24, 2.45) is 11.8 Å².